The molecule has 3 atom stereocenters. The summed E-state index contributed by atoms with van der Waals surface area (Å²) in [4.78, 5) is 16.5. The SMILES string of the molecule is CC1(C)[C@@H]2OCCC[C@H]2[C@H]1OC(=O)CCc1nc(-c2ccco2)no1. The van der Waals surface area contributed by atoms with Crippen molar-refractivity contribution in [2.75, 3.05) is 6.61 Å². The van der Waals surface area contributed by atoms with E-state index < -0.39 is 0 Å². The van der Waals surface area contributed by atoms with Crippen LogP contribution >= 0.6 is 0 Å². The van der Waals surface area contributed by atoms with Crippen LogP contribution in [0.1, 0.15) is 39.0 Å². The Kier molecular flexibility index (Phi) is 4.11. The van der Waals surface area contributed by atoms with Crippen LogP contribution in [0.5, 0.6) is 0 Å². The third-order valence-electron chi connectivity index (χ3n) is 5.23. The first-order valence-corrected chi connectivity index (χ1v) is 8.73. The first-order chi connectivity index (χ1) is 12.1. The fourth-order valence-corrected chi connectivity index (χ4v) is 3.99. The molecule has 0 unspecified atom stereocenters. The van der Waals surface area contributed by atoms with Gasteiger partial charge in [-0.1, -0.05) is 19.0 Å². The molecule has 0 amide bonds. The number of ether oxygens (including phenoxy) is 2. The van der Waals surface area contributed by atoms with Crippen LogP contribution in [0.25, 0.3) is 11.6 Å². The average Bonchev–Trinajstić information content (AvgIpc) is 3.29. The summed E-state index contributed by atoms with van der Waals surface area (Å²) in [6.45, 7) is 5.01. The Morgan fingerprint density at radius 3 is 3.12 bits per heavy atom. The van der Waals surface area contributed by atoms with E-state index in [1.807, 2.05) is 0 Å². The summed E-state index contributed by atoms with van der Waals surface area (Å²) < 4.78 is 22.0. The molecule has 0 N–H and O–H groups in total. The van der Waals surface area contributed by atoms with Gasteiger partial charge in [0.15, 0.2) is 5.76 Å². The molecule has 1 saturated heterocycles. The van der Waals surface area contributed by atoms with E-state index in [9.17, 15) is 4.79 Å². The average molecular weight is 346 g/mol. The van der Waals surface area contributed by atoms with Gasteiger partial charge in [-0.3, -0.25) is 4.79 Å². The molecule has 25 heavy (non-hydrogen) atoms. The van der Waals surface area contributed by atoms with Gasteiger partial charge in [0.2, 0.25) is 11.7 Å². The lowest BCUT2D eigenvalue weighted by Crippen LogP contribution is -2.65. The van der Waals surface area contributed by atoms with Crippen molar-refractivity contribution in [2.24, 2.45) is 11.3 Å². The largest absolute Gasteiger partial charge is 0.461 e. The summed E-state index contributed by atoms with van der Waals surface area (Å²) in [6, 6.07) is 3.51. The molecular weight excluding hydrogens is 324 g/mol. The standard InChI is InChI=1S/C18H22N2O5/c1-18(2)15-11(5-3-10-23-15)16(18)24-14(21)8-7-13-19-17(20-25-13)12-6-4-9-22-12/h4,6,9,11,15-16H,3,5,7-8,10H2,1-2H3/t11-,15-,16-/m1/s1. The summed E-state index contributed by atoms with van der Waals surface area (Å²) >= 11 is 0. The minimum absolute atomic E-state index is 0.0772. The van der Waals surface area contributed by atoms with Crippen LogP contribution in [0.2, 0.25) is 0 Å². The predicted octanol–water partition coefficient (Wildman–Crippen LogP) is 3.01. The number of aryl methyl sites for hydroxylation is 1. The molecular formula is C18H22N2O5. The fraction of sp³-hybridized carbons (Fsp3) is 0.611. The number of hydrogen-bond donors (Lipinski definition) is 0. The highest BCUT2D eigenvalue weighted by Crippen LogP contribution is 2.53. The summed E-state index contributed by atoms with van der Waals surface area (Å²) in [7, 11) is 0. The van der Waals surface area contributed by atoms with Gasteiger partial charge in [-0.2, -0.15) is 4.98 Å². The van der Waals surface area contributed by atoms with Gasteiger partial charge in [0, 0.05) is 24.4 Å². The van der Waals surface area contributed by atoms with Crippen LogP contribution in [0.3, 0.4) is 0 Å². The predicted molar refractivity (Wildman–Crippen MR) is 86.4 cm³/mol. The number of esters is 1. The highest BCUT2D eigenvalue weighted by atomic mass is 16.6. The zero-order valence-corrected chi connectivity index (χ0v) is 14.4. The van der Waals surface area contributed by atoms with E-state index in [1.165, 1.54) is 0 Å². The fourth-order valence-electron chi connectivity index (χ4n) is 3.99. The van der Waals surface area contributed by atoms with Gasteiger partial charge in [0.25, 0.3) is 0 Å². The van der Waals surface area contributed by atoms with Crippen molar-refractivity contribution in [3.8, 4) is 11.6 Å². The van der Waals surface area contributed by atoms with Crippen LogP contribution in [-0.2, 0) is 20.7 Å². The van der Waals surface area contributed by atoms with Crippen molar-refractivity contribution >= 4 is 5.97 Å². The summed E-state index contributed by atoms with van der Waals surface area (Å²) in [6.07, 6.45) is 4.32. The Hall–Kier alpha value is -2.15. The van der Waals surface area contributed by atoms with Crippen molar-refractivity contribution in [2.45, 2.75) is 51.7 Å². The van der Waals surface area contributed by atoms with Crippen molar-refractivity contribution < 1.29 is 23.2 Å². The molecule has 1 aliphatic carbocycles. The first kappa shape index (κ1) is 16.3. The topological polar surface area (TPSA) is 87.6 Å². The van der Waals surface area contributed by atoms with Crippen molar-refractivity contribution in [3.05, 3.63) is 24.3 Å². The van der Waals surface area contributed by atoms with Crippen molar-refractivity contribution in [1.82, 2.24) is 10.1 Å². The van der Waals surface area contributed by atoms with Gasteiger partial charge in [0.1, 0.15) is 6.10 Å². The highest BCUT2D eigenvalue weighted by Gasteiger charge is 2.60. The number of rotatable bonds is 5. The Labute approximate surface area is 145 Å². The number of carbonyl (C=O) groups excluding carboxylic acids is 1. The Balaban J connectivity index is 1.31. The zero-order chi connectivity index (χ0) is 17.4. The molecule has 3 heterocycles. The minimum Gasteiger partial charge on any atom is -0.461 e. The lowest BCUT2D eigenvalue weighted by atomic mass is 9.57. The molecule has 4 rings (SSSR count). The number of nitrogens with zero attached hydrogens (tertiary/aromatic N) is 2. The maximum absolute atomic E-state index is 12.2. The first-order valence-electron chi connectivity index (χ1n) is 8.73. The second kappa shape index (κ2) is 6.29. The molecule has 0 bridgehead atoms. The molecule has 2 aromatic heterocycles. The minimum atomic E-state index is -0.236. The van der Waals surface area contributed by atoms with Gasteiger partial charge >= 0.3 is 5.97 Å². The van der Waals surface area contributed by atoms with Gasteiger partial charge < -0.3 is 18.4 Å². The lowest BCUT2D eigenvalue weighted by molar-refractivity contribution is -0.254. The maximum atomic E-state index is 12.2. The molecule has 1 aliphatic heterocycles. The summed E-state index contributed by atoms with van der Waals surface area (Å²) in [5.74, 6) is 1.41. The van der Waals surface area contributed by atoms with Crippen LogP contribution < -0.4 is 0 Å². The quantitative estimate of drug-likeness (QED) is 0.769. The normalized spacial score (nSPS) is 27.4. The van der Waals surface area contributed by atoms with Crippen molar-refractivity contribution in [1.29, 1.82) is 0 Å². The van der Waals surface area contributed by atoms with E-state index in [-0.39, 0.29) is 30.0 Å². The number of furan rings is 1. The van der Waals surface area contributed by atoms with Gasteiger partial charge in [-0.05, 0) is 25.0 Å². The van der Waals surface area contributed by atoms with Crippen LogP contribution in [-0.4, -0.2) is 34.9 Å². The molecule has 134 valence electrons. The molecule has 0 radical (unpaired) electrons. The number of carbonyl (C=O) groups is 1. The lowest BCUT2D eigenvalue weighted by Gasteiger charge is -2.58. The zero-order valence-electron chi connectivity index (χ0n) is 14.4. The molecule has 2 aliphatic rings. The highest BCUT2D eigenvalue weighted by molar-refractivity contribution is 5.70. The maximum Gasteiger partial charge on any atom is 0.306 e. The monoisotopic (exact) mass is 346 g/mol. The molecule has 0 spiro atoms. The second-order valence-corrected chi connectivity index (χ2v) is 7.32. The third kappa shape index (κ3) is 2.97. The third-order valence-corrected chi connectivity index (χ3v) is 5.23. The van der Waals surface area contributed by atoms with E-state index in [2.05, 4.69) is 24.0 Å². The van der Waals surface area contributed by atoms with E-state index >= 15 is 0 Å². The molecule has 2 fully saturated rings. The molecule has 7 heteroatoms. The van der Waals surface area contributed by atoms with Gasteiger partial charge in [0.05, 0.1) is 18.8 Å². The smallest absolute Gasteiger partial charge is 0.306 e. The van der Waals surface area contributed by atoms with Gasteiger partial charge in [-0.25, -0.2) is 0 Å². The van der Waals surface area contributed by atoms with Crippen LogP contribution in [0.4, 0.5) is 0 Å². The van der Waals surface area contributed by atoms with E-state index in [4.69, 9.17) is 18.4 Å². The van der Waals surface area contributed by atoms with Crippen LogP contribution in [0, 0.1) is 11.3 Å². The van der Waals surface area contributed by atoms with Crippen molar-refractivity contribution in [3.63, 3.8) is 0 Å². The molecule has 1 saturated carbocycles. The second-order valence-electron chi connectivity index (χ2n) is 7.32. The Bertz CT molecular complexity index is 736. The number of fused-ring (bicyclic) bond motifs is 1. The van der Waals surface area contributed by atoms with Gasteiger partial charge in [-0.15, -0.1) is 0 Å². The Morgan fingerprint density at radius 2 is 2.32 bits per heavy atom. The summed E-state index contributed by atoms with van der Waals surface area (Å²) in [5, 5.41) is 3.85. The number of hydrogen-bond acceptors (Lipinski definition) is 7. The molecule has 2 aromatic rings. The summed E-state index contributed by atoms with van der Waals surface area (Å²) in [5.41, 5.74) is -0.127. The van der Waals surface area contributed by atoms with E-state index in [0.29, 0.717) is 29.8 Å². The van der Waals surface area contributed by atoms with E-state index in [1.54, 1.807) is 18.4 Å². The van der Waals surface area contributed by atoms with E-state index in [0.717, 1.165) is 19.4 Å². The molecule has 7 nitrogen and oxygen atoms in total. The Morgan fingerprint density at radius 1 is 1.44 bits per heavy atom. The molecule has 0 aromatic carbocycles. The number of aromatic nitrogens is 2. The van der Waals surface area contributed by atoms with Crippen LogP contribution in [0.15, 0.2) is 27.3 Å².